The van der Waals surface area contributed by atoms with Crippen LogP contribution in [0.5, 0.6) is 0 Å². The summed E-state index contributed by atoms with van der Waals surface area (Å²) in [5, 5.41) is 3.57. The van der Waals surface area contributed by atoms with Crippen LogP contribution in [0.25, 0.3) is 0 Å². The Kier molecular flexibility index (Phi) is 4.36. The average Bonchev–Trinajstić information content (AvgIpc) is 2.74. The van der Waals surface area contributed by atoms with Crippen LogP contribution in [0.4, 0.5) is 5.69 Å². The van der Waals surface area contributed by atoms with Gasteiger partial charge in [0.15, 0.2) is 0 Å². The van der Waals surface area contributed by atoms with Gasteiger partial charge in [-0.1, -0.05) is 60.1 Å². The molecule has 2 aliphatic rings. The van der Waals surface area contributed by atoms with Crippen LogP contribution in [0.3, 0.4) is 0 Å². The van der Waals surface area contributed by atoms with Crippen molar-refractivity contribution >= 4 is 29.1 Å². The Hall–Kier alpha value is -3.11. The van der Waals surface area contributed by atoms with Crippen molar-refractivity contribution in [3.05, 3.63) is 100 Å². The van der Waals surface area contributed by atoms with Crippen molar-refractivity contribution in [2.45, 2.75) is 18.4 Å². The lowest BCUT2D eigenvalue weighted by Crippen LogP contribution is -2.49. The largest absolute Gasteiger partial charge is 0.330 e. The highest BCUT2D eigenvalue weighted by atomic mass is 35.5. The van der Waals surface area contributed by atoms with E-state index in [1.54, 1.807) is 18.2 Å². The minimum absolute atomic E-state index is 0.00749. The third-order valence-corrected chi connectivity index (χ3v) is 6.04. The summed E-state index contributed by atoms with van der Waals surface area (Å²) in [5.41, 5.74) is 4.27. The maximum atomic E-state index is 13.5. The van der Waals surface area contributed by atoms with Crippen molar-refractivity contribution in [3.8, 4) is 0 Å². The van der Waals surface area contributed by atoms with E-state index >= 15 is 0 Å². The number of rotatable bonds is 2. The van der Waals surface area contributed by atoms with E-state index in [0.29, 0.717) is 22.8 Å². The number of hydrogen-bond donors (Lipinski definition) is 1. The van der Waals surface area contributed by atoms with Crippen LogP contribution >= 0.6 is 11.6 Å². The first kappa shape index (κ1) is 18.0. The maximum Gasteiger partial charge on any atom is 0.254 e. The fourth-order valence-corrected chi connectivity index (χ4v) is 4.73. The molecule has 0 saturated carbocycles. The van der Waals surface area contributed by atoms with Crippen LogP contribution in [0, 0.1) is 0 Å². The molecule has 0 spiro atoms. The zero-order chi connectivity index (χ0) is 20.0. The number of amides is 2. The van der Waals surface area contributed by atoms with E-state index in [9.17, 15) is 9.59 Å². The number of halogens is 1. The van der Waals surface area contributed by atoms with E-state index in [0.717, 1.165) is 17.5 Å². The van der Waals surface area contributed by atoms with Crippen molar-refractivity contribution < 1.29 is 9.59 Å². The minimum Gasteiger partial charge on any atom is -0.330 e. The molecule has 2 atom stereocenters. The Labute approximate surface area is 174 Å². The van der Waals surface area contributed by atoms with Crippen molar-refractivity contribution in [2.24, 2.45) is 0 Å². The van der Waals surface area contributed by atoms with E-state index in [2.05, 4.69) is 11.4 Å². The molecule has 144 valence electrons. The van der Waals surface area contributed by atoms with Crippen LogP contribution in [-0.2, 0) is 11.2 Å². The summed E-state index contributed by atoms with van der Waals surface area (Å²) in [6.45, 7) is 0.607. The summed E-state index contributed by atoms with van der Waals surface area (Å²) in [7, 11) is 0. The summed E-state index contributed by atoms with van der Waals surface area (Å²) in [4.78, 5) is 28.6. The lowest BCUT2D eigenvalue weighted by molar-refractivity contribution is -0.119. The molecule has 4 nitrogen and oxygen atoms in total. The van der Waals surface area contributed by atoms with Gasteiger partial charge in [-0.25, -0.2) is 0 Å². The highest BCUT2D eigenvalue weighted by molar-refractivity contribution is 6.30. The van der Waals surface area contributed by atoms with Gasteiger partial charge in [-0.05, 0) is 47.4 Å². The first-order chi connectivity index (χ1) is 14.1. The topological polar surface area (TPSA) is 49.4 Å². The minimum atomic E-state index is -0.496. The molecule has 0 aromatic heterocycles. The normalized spacial score (nSPS) is 19.8. The third-order valence-electron chi connectivity index (χ3n) is 5.81. The number of anilines is 1. The van der Waals surface area contributed by atoms with E-state index in [1.807, 2.05) is 53.4 Å². The Morgan fingerprint density at radius 1 is 0.966 bits per heavy atom. The maximum absolute atomic E-state index is 13.5. The highest BCUT2D eigenvalue weighted by Crippen LogP contribution is 2.46. The SMILES string of the molecule is O=C(Nc1cccc(Cl)c1)[C@H]1c2ccccc2C(=O)N2CCc3ccccc3[C@H]12. The molecule has 2 amide bonds. The van der Waals surface area contributed by atoms with Crippen LogP contribution < -0.4 is 5.32 Å². The smallest absolute Gasteiger partial charge is 0.254 e. The van der Waals surface area contributed by atoms with E-state index in [-0.39, 0.29) is 17.9 Å². The number of nitrogens with zero attached hydrogens (tertiary/aromatic N) is 1. The first-order valence-electron chi connectivity index (χ1n) is 9.67. The fourth-order valence-electron chi connectivity index (χ4n) is 4.54. The molecule has 0 aliphatic carbocycles. The molecule has 3 aromatic rings. The zero-order valence-corrected chi connectivity index (χ0v) is 16.4. The van der Waals surface area contributed by atoms with E-state index < -0.39 is 5.92 Å². The quantitative estimate of drug-likeness (QED) is 0.668. The second-order valence-corrected chi connectivity index (χ2v) is 7.89. The van der Waals surface area contributed by atoms with Gasteiger partial charge < -0.3 is 10.2 Å². The molecule has 0 fully saturated rings. The molecule has 5 heteroatoms. The average molecular weight is 403 g/mol. The Balaban J connectivity index is 1.63. The molecule has 1 N–H and O–H groups in total. The molecular weight excluding hydrogens is 384 g/mol. The van der Waals surface area contributed by atoms with E-state index in [1.165, 1.54) is 5.56 Å². The van der Waals surface area contributed by atoms with Gasteiger partial charge in [-0.3, -0.25) is 9.59 Å². The van der Waals surface area contributed by atoms with Gasteiger partial charge in [0.25, 0.3) is 5.91 Å². The Bertz CT molecular complexity index is 1130. The molecule has 5 rings (SSSR count). The molecular formula is C24H19ClN2O2. The van der Waals surface area contributed by atoms with Gasteiger partial charge in [0, 0.05) is 22.8 Å². The molecule has 29 heavy (non-hydrogen) atoms. The number of nitrogens with one attached hydrogen (secondary N) is 1. The number of fused-ring (bicyclic) bond motifs is 4. The predicted molar refractivity (Wildman–Crippen MR) is 113 cm³/mol. The van der Waals surface area contributed by atoms with Crippen LogP contribution in [0.2, 0.25) is 5.02 Å². The first-order valence-corrected chi connectivity index (χ1v) is 10.1. The second kappa shape index (κ2) is 7.05. The van der Waals surface area contributed by atoms with Gasteiger partial charge in [0.05, 0.1) is 12.0 Å². The van der Waals surface area contributed by atoms with Crippen LogP contribution in [0.15, 0.2) is 72.8 Å². The van der Waals surface area contributed by atoms with Crippen LogP contribution in [-0.4, -0.2) is 23.3 Å². The molecule has 3 aromatic carbocycles. The third kappa shape index (κ3) is 3.00. The second-order valence-electron chi connectivity index (χ2n) is 7.46. The van der Waals surface area contributed by atoms with Crippen molar-refractivity contribution in [3.63, 3.8) is 0 Å². The lowest BCUT2D eigenvalue weighted by atomic mass is 9.76. The standard InChI is InChI=1S/C24H19ClN2O2/c25-16-7-5-8-17(14-16)26-23(28)21-19-10-3-4-11-20(19)24(29)27-13-12-15-6-1-2-9-18(15)22(21)27/h1-11,14,21-22H,12-13H2,(H,26,28)/t21-,22+/m0/s1. The molecule has 0 saturated heterocycles. The van der Waals surface area contributed by atoms with Crippen molar-refractivity contribution in [1.29, 1.82) is 0 Å². The number of carbonyl (C=O) groups excluding carboxylic acids is 2. The molecule has 2 aliphatic heterocycles. The number of hydrogen-bond acceptors (Lipinski definition) is 2. The predicted octanol–water partition coefficient (Wildman–Crippen LogP) is 4.82. The number of benzene rings is 3. The summed E-state index contributed by atoms with van der Waals surface area (Å²) < 4.78 is 0. The van der Waals surface area contributed by atoms with E-state index in [4.69, 9.17) is 11.6 Å². The highest BCUT2D eigenvalue weighted by Gasteiger charge is 2.46. The lowest BCUT2D eigenvalue weighted by Gasteiger charge is -2.45. The Morgan fingerprint density at radius 3 is 2.55 bits per heavy atom. The summed E-state index contributed by atoms with van der Waals surface area (Å²) in [6.07, 6.45) is 0.795. The zero-order valence-electron chi connectivity index (χ0n) is 15.6. The molecule has 2 heterocycles. The summed E-state index contributed by atoms with van der Waals surface area (Å²) >= 11 is 6.09. The molecule has 0 radical (unpaired) electrons. The molecule has 0 bridgehead atoms. The number of carbonyl (C=O) groups is 2. The summed E-state index contributed by atoms with van der Waals surface area (Å²) in [6, 6.07) is 22.3. The Morgan fingerprint density at radius 2 is 1.72 bits per heavy atom. The monoisotopic (exact) mass is 402 g/mol. The van der Waals surface area contributed by atoms with Gasteiger partial charge >= 0.3 is 0 Å². The summed E-state index contributed by atoms with van der Waals surface area (Å²) in [5.74, 6) is -0.643. The van der Waals surface area contributed by atoms with Gasteiger partial charge in [0.1, 0.15) is 0 Å². The fraction of sp³-hybridized carbons (Fsp3) is 0.167. The van der Waals surface area contributed by atoms with Crippen molar-refractivity contribution in [1.82, 2.24) is 4.90 Å². The van der Waals surface area contributed by atoms with Crippen molar-refractivity contribution in [2.75, 3.05) is 11.9 Å². The van der Waals surface area contributed by atoms with Crippen LogP contribution in [0.1, 0.15) is 39.0 Å². The van der Waals surface area contributed by atoms with Gasteiger partial charge in [-0.15, -0.1) is 0 Å². The molecule has 0 unspecified atom stereocenters. The van der Waals surface area contributed by atoms with Gasteiger partial charge in [-0.2, -0.15) is 0 Å². The van der Waals surface area contributed by atoms with Gasteiger partial charge in [0.2, 0.25) is 5.91 Å².